The molecule has 18 heavy (non-hydrogen) atoms. The van der Waals surface area contributed by atoms with Crippen LogP contribution in [0.3, 0.4) is 0 Å². The van der Waals surface area contributed by atoms with E-state index in [9.17, 15) is 14.4 Å². The van der Waals surface area contributed by atoms with E-state index in [0.717, 1.165) is 0 Å². The molecule has 0 aliphatic rings. The van der Waals surface area contributed by atoms with Gasteiger partial charge in [-0.2, -0.15) is 0 Å². The van der Waals surface area contributed by atoms with Gasteiger partial charge in [-0.3, -0.25) is 19.3 Å². The Morgan fingerprint density at radius 1 is 1.22 bits per heavy atom. The summed E-state index contributed by atoms with van der Waals surface area (Å²) in [5, 5.41) is 2.66. The summed E-state index contributed by atoms with van der Waals surface area (Å²) >= 11 is 0. The lowest BCUT2D eigenvalue weighted by Gasteiger charge is -2.21. The first-order chi connectivity index (χ1) is 8.27. The van der Waals surface area contributed by atoms with Crippen LogP contribution in [0, 0.1) is 5.92 Å². The standard InChI is InChI=1S/C12H22N2O4/c1-8(2)12(9(3)15)13-10(16)6-14(4)7-11(17)18-5/h8,12H,6-7H2,1-5H3,(H,13,16). The van der Waals surface area contributed by atoms with Crippen LogP contribution in [0.1, 0.15) is 20.8 Å². The van der Waals surface area contributed by atoms with Crippen molar-refractivity contribution in [1.29, 1.82) is 0 Å². The molecule has 0 radical (unpaired) electrons. The lowest BCUT2D eigenvalue weighted by Crippen LogP contribution is -2.47. The van der Waals surface area contributed by atoms with Gasteiger partial charge in [0.25, 0.3) is 0 Å². The summed E-state index contributed by atoms with van der Waals surface area (Å²) < 4.78 is 4.49. The Hall–Kier alpha value is -1.43. The average Bonchev–Trinajstić information content (AvgIpc) is 2.24. The average molecular weight is 258 g/mol. The molecule has 0 rings (SSSR count). The Kier molecular flexibility index (Phi) is 7.19. The summed E-state index contributed by atoms with van der Waals surface area (Å²) in [4.78, 5) is 35.5. The number of rotatable bonds is 7. The number of carbonyl (C=O) groups excluding carboxylic acids is 3. The van der Waals surface area contributed by atoms with Gasteiger partial charge in [0, 0.05) is 0 Å². The van der Waals surface area contributed by atoms with E-state index < -0.39 is 12.0 Å². The molecule has 0 heterocycles. The molecule has 1 unspecified atom stereocenters. The Bertz CT molecular complexity index is 315. The molecule has 0 saturated heterocycles. The van der Waals surface area contributed by atoms with Gasteiger partial charge < -0.3 is 10.1 Å². The van der Waals surface area contributed by atoms with Gasteiger partial charge in [-0.05, 0) is 19.9 Å². The Labute approximate surface area is 108 Å². The van der Waals surface area contributed by atoms with E-state index in [4.69, 9.17) is 0 Å². The summed E-state index contributed by atoms with van der Waals surface area (Å²) in [6.07, 6.45) is 0. The number of nitrogens with zero attached hydrogens (tertiary/aromatic N) is 1. The number of likely N-dealkylation sites (N-methyl/N-ethyl adjacent to an activating group) is 1. The third-order valence-electron chi connectivity index (χ3n) is 2.46. The molecule has 1 atom stereocenters. The highest BCUT2D eigenvalue weighted by Gasteiger charge is 2.21. The van der Waals surface area contributed by atoms with Gasteiger partial charge >= 0.3 is 5.97 Å². The Morgan fingerprint density at radius 3 is 2.17 bits per heavy atom. The Balaban J connectivity index is 4.24. The highest BCUT2D eigenvalue weighted by molar-refractivity contribution is 5.88. The number of ether oxygens (including phenoxy) is 1. The number of methoxy groups -OCH3 is 1. The summed E-state index contributed by atoms with van der Waals surface area (Å²) in [5.74, 6) is -0.723. The van der Waals surface area contributed by atoms with E-state index in [2.05, 4.69) is 10.1 Å². The fraction of sp³-hybridized carbons (Fsp3) is 0.750. The molecule has 1 amide bonds. The van der Waals surface area contributed by atoms with E-state index in [0.29, 0.717) is 0 Å². The first-order valence-corrected chi connectivity index (χ1v) is 5.83. The number of Topliss-reactive ketones (excluding diaryl/α,β-unsaturated/α-hetero) is 1. The third-order valence-corrected chi connectivity index (χ3v) is 2.46. The molecular weight excluding hydrogens is 236 g/mol. The van der Waals surface area contributed by atoms with Gasteiger partial charge in [0.05, 0.1) is 26.2 Å². The minimum atomic E-state index is -0.482. The maximum atomic E-state index is 11.7. The monoisotopic (exact) mass is 258 g/mol. The van der Waals surface area contributed by atoms with Crippen LogP contribution < -0.4 is 5.32 Å². The summed E-state index contributed by atoms with van der Waals surface area (Å²) in [5.41, 5.74) is 0. The maximum absolute atomic E-state index is 11.7. The molecule has 0 fully saturated rings. The number of hydrogen-bond acceptors (Lipinski definition) is 5. The Morgan fingerprint density at radius 2 is 1.78 bits per heavy atom. The van der Waals surface area contributed by atoms with Crippen LogP contribution in [0.2, 0.25) is 0 Å². The molecule has 104 valence electrons. The topological polar surface area (TPSA) is 75.7 Å². The van der Waals surface area contributed by atoms with Crippen molar-refractivity contribution in [3.8, 4) is 0 Å². The summed E-state index contributed by atoms with van der Waals surface area (Å²) in [6, 6.07) is -0.482. The molecule has 6 nitrogen and oxygen atoms in total. The van der Waals surface area contributed by atoms with Gasteiger partial charge in [0.2, 0.25) is 5.91 Å². The minimum absolute atomic E-state index is 0.0380. The molecule has 0 aromatic rings. The fourth-order valence-electron chi connectivity index (χ4n) is 1.54. The quantitative estimate of drug-likeness (QED) is 0.641. The SMILES string of the molecule is COC(=O)CN(C)CC(=O)NC(C(C)=O)C(C)C. The molecule has 0 bridgehead atoms. The second kappa shape index (κ2) is 7.81. The molecule has 0 aromatic carbocycles. The van der Waals surface area contributed by atoms with Crippen LogP contribution in [0.15, 0.2) is 0 Å². The third kappa shape index (κ3) is 6.34. The van der Waals surface area contributed by atoms with Crippen molar-refractivity contribution in [1.82, 2.24) is 10.2 Å². The molecule has 0 spiro atoms. The molecule has 0 aliphatic carbocycles. The predicted octanol–water partition coefficient (Wildman–Crippen LogP) is -0.179. The first-order valence-electron chi connectivity index (χ1n) is 5.83. The van der Waals surface area contributed by atoms with Crippen LogP contribution >= 0.6 is 0 Å². The van der Waals surface area contributed by atoms with E-state index in [1.165, 1.54) is 18.9 Å². The van der Waals surface area contributed by atoms with Gasteiger partial charge in [-0.25, -0.2) is 0 Å². The minimum Gasteiger partial charge on any atom is -0.468 e. The second-order valence-corrected chi connectivity index (χ2v) is 4.65. The van der Waals surface area contributed by atoms with Crippen molar-refractivity contribution >= 4 is 17.7 Å². The predicted molar refractivity (Wildman–Crippen MR) is 67.0 cm³/mol. The number of nitrogens with one attached hydrogen (secondary N) is 1. The number of ketones is 1. The smallest absolute Gasteiger partial charge is 0.319 e. The van der Waals surface area contributed by atoms with Crippen LogP contribution in [-0.4, -0.2) is 55.8 Å². The number of hydrogen-bond donors (Lipinski definition) is 1. The highest BCUT2D eigenvalue weighted by atomic mass is 16.5. The van der Waals surface area contributed by atoms with Crippen LogP contribution in [-0.2, 0) is 19.1 Å². The molecule has 0 aliphatic heterocycles. The molecule has 0 aromatic heterocycles. The van der Waals surface area contributed by atoms with Crippen molar-refractivity contribution in [2.45, 2.75) is 26.8 Å². The van der Waals surface area contributed by atoms with Crippen LogP contribution in [0.4, 0.5) is 0 Å². The van der Waals surface area contributed by atoms with Crippen molar-refractivity contribution in [2.24, 2.45) is 5.92 Å². The summed E-state index contributed by atoms with van der Waals surface area (Å²) in [7, 11) is 2.93. The van der Waals surface area contributed by atoms with E-state index in [1.54, 1.807) is 7.05 Å². The molecular formula is C12H22N2O4. The highest BCUT2D eigenvalue weighted by Crippen LogP contribution is 2.02. The largest absolute Gasteiger partial charge is 0.468 e. The van der Waals surface area contributed by atoms with E-state index in [1.807, 2.05) is 13.8 Å². The molecule has 0 saturated carbocycles. The zero-order valence-electron chi connectivity index (χ0n) is 11.6. The molecule has 6 heteroatoms. The van der Waals surface area contributed by atoms with Gasteiger partial charge in [0.15, 0.2) is 5.78 Å². The van der Waals surface area contributed by atoms with Crippen molar-refractivity contribution in [2.75, 3.05) is 27.2 Å². The van der Waals surface area contributed by atoms with Crippen molar-refractivity contribution in [3.05, 3.63) is 0 Å². The van der Waals surface area contributed by atoms with Gasteiger partial charge in [-0.15, -0.1) is 0 Å². The van der Waals surface area contributed by atoms with Crippen LogP contribution in [0.25, 0.3) is 0 Å². The first kappa shape index (κ1) is 16.6. The van der Waals surface area contributed by atoms with Crippen molar-refractivity contribution in [3.63, 3.8) is 0 Å². The van der Waals surface area contributed by atoms with Crippen molar-refractivity contribution < 1.29 is 19.1 Å². The molecule has 1 N–H and O–H groups in total. The number of esters is 1. The number of amides is 1. The van der Waals surface area contributed by atoms with Gasteiger partial charge in [0.1, 0.15) is 0 Å². The zero-order valence-corrected chi connectivity index (χ0v) is 11.6. The fourth-order valence-corrected chi connectivity index (χ4v) is 1.54. The van der Waals surface area contributed by atoms with E-state index in [-0.39, 0.29) is 30.7 Å². The van der Waals surface area contributed by atoms with Crippen LogP contribution in [0.5, 0.6) is 0 Å². The van der Waals surface area contributed by atoms with E-state index >= 15 is 0 Å². The lowest BCUT2D eigenvalue weighted by atomic mass is 10.0. The normalized spacial score (nSPS) is 12.4. The summed E-state index contributed by atoms with van der Waals surface area (Å²) in [6.45, 7) is 5.26. The lowest BCUT2D eigenvalue weighted by molar-refractivity contribution is -0.142. The second-order valence-electron chi connectivity index (χ2n) is 4.65. The zero-order chi connectivity index (χ0) is 14.3. The number of carbonyl (C=O) groups is 3. The maximum Gasteiger partial charge on any atom is 0.319 e. The van der Waals surface area contributed by atoms with Gasteiger partial charge in [-0.1, -0.05) is 13.8 Å².